The molecule has 0 spiro atoms. The zero-order chi connectivity index (χ0) is 11.9. The molecule has 0 aliphatic carbocycles. The zero-order valence-corrected chi connectivity index (χ0v) is 8.89. The lowest BCUT2D eigenvalue weighted by Gasteiger charge is -2.05. The van der Waals surface area contributed by atoms with Gasteiger partial charge in [-0.25, -0.2) is 9.97 Å². The van der Waals surface area contributed by atoms with Crippen LogP contribution in [0.15, 0.2) is 12.1 Å². The molecule has 6 nitrogen and oxygen atoms in total. The quantitative estimate of drug-likeness (QED) is 0.581. The number of nitrogens with two attached hydrogens (primary N) is 1. The Bertz CT molecular complexity index is 595. The molecule has 2 rings (SSSR count). The fraction of sp³-hybridized carbons (Fsp3) is 0.200. The van der Waals surface area contributed by atoms with Crippen molar-refractivity contribution in [3.05, 3.63) is 33.6 Å². The van der Waals surface area contributed by atoms with E-state index in [2.05, 4.69) is 9.97 Å². The molecule has 2 N–H and O–H groups in total. The van der Waals surface area contributed by atoms with E-state index < -0.39 is 4.92 Å². The molecule has 0 amide bonds. The van der Waals surface area contributed by atoms with Gasteiger partial charge in [0, 0.05) is 11.1 Å². The number of rotatable bonds is 1. The van der Waals surface area contributed by atoms with E-state index >= 15 is 0 Å². The molecule has 0 bridgehead atoms. The number of nitro groups is 1. The molecule has 0 aliphatic rings. The summed E-state index contributed by atoms with van der Waals surface area (Å²) < 4.78 is 0. The number of hydrogen-bond acceptors (Lipinski definition) is 5. The van der Waals surface area contributed by atoms with Crippen LogP contribution in [0.25, 0.3) is 11.0 Å². The second-order valence-electron chi connectivity index (χ2n) is 3.54. The van der Waals surface area contributed by atoms with Crippen LogP contribution in [0.4, 0.5) is 11.4 Å². The Hall–Kier alpha value is -2.24. The van der Waals surface area contributed by atoms with Gasteiger partial charge < -0.3 is 5.73 Å². The number of fused-ring (bicyclic) bond motifs is 1. The van der Waals surface area contributed by atoms with Crippen LogP contribution in [0, 0.1) is 24.0 Å². The average molecular weight is 218 g/mol. The Balaban J connectivity index is 2.89. The molecule has 0 saturated carbocycles. The van der Waals surface area contributed by atoms with Crippen molar-refractivity contribution in [1.29, 1.82) is 0 Å². The number of hydrogen-bond donors (Lipinski definition) is 1. The van der Waals surface area contributed by atoms with Crippen molar-refractivity contribution < 1.29 is 4.92 Å². The van der Waals surface area contributed by atoms with Crippen molar-refractivity contribution in [1.82, 2.24) is 9.97 Å². The number of anilines is 1. The van der Waals surface area contributed by atoms with Crippen molar-refractivity contribution in [3.63, 3.8) is 0 Å². The van der Waals surface area contributed by atoms with Gasteiger partial charge in [-0.3, -0.25) is 10.1 Å². The molecule has 0 saturated heterocycles. The fourth-order valence-electron chi connectivity index (χ4n) is 1.60. The van der Waals surface area contributed by atoms with Crippen LogP contribution in [0.3, 0.4) is 0 Å². The Morgan fingerprint density at radius 1 is 1.31 bits per heavy atom. The second kappa shape index (κ2) is 3.41. The maximum atomic E-state index is 10.8. The van der Waals surface area contributed by atoms with Gasteiger partial charge in [-0.05, 0) is 26.0 Å². The minimum absolute atomic E-state index is 0.125. The molecular formula is C10H10N4O2. The summed E-state index contributed by atoms with van der Waals surface area (Å²) in [6, 6.07) is 3.45. The summed E-state index contributed by atoms with van der Waals surface area (Å²) in [5.41, 5.74) is 7.26. The molecule has 6 heteroatoms. The minimum Gasteiger partial charge on any atom is -0.392 e. The van der Waals surface area contributed by atoms with Crippen LogP contribution in [0.1, 0.15) is 11.4 Å². The highest BCUT2D eigenvalue weighted by Crippen LogP contribution is 2.30. The first-order valence-corrected chi connectivity index (χ1v) is 4.68. The fourth-order valence-corrected chi connectivity index (χ4v) is 1.60. The van der Waals surface area contributed by atoms with Crippen molar-refractivity contribution >= 4 is 22.4 Å². The Morgan fingerprint density at radius 3 is 2.62 bits per heavy atom. The van der Waals surface area contributed by atoms with E-state index in [0.717, 1.165) is 5.69 Å². The third-order valence-electron chi connectivity index (χ3n) is 2.36. The molecule has 2 aromatic heterocycles. The predicted molar refractivity (Wildman–Crippen MR) is 60.1 cm³/mol. The molecule has 0 aromatic carbocycles. The van der Waals surface area contributed by atoms with E-state index in [9.17, 15) is 10.1 Å². The molecule has 2 heterocycles. The predicted octanol–water partition coefficient (Wildman–Crippen LogP) is 1.74. The number of nitrogens with zero attached hydrogens (tertiary/aromatic N) is 3. The highest BCUT2D eigenvalue weighted by Gasteiger charge is 2.20. The number of aromatic nitrogens is 2. The number of nitrogen functional groups attached to an aromatic ring is 1. The molecule has 0 fully saturated rings. The van der Waals surface area contributed by atoms with Crippen LogP contribution < -0.4 is 5.73 Å². The lowest BCUT2D eigenvalue weighted by Crippen LogP contribution is -2.02. The molecular weight excluding hydrogens is 208 g/mol. The maximum absolute atomic E-state index is 10.8. The van der Waals surface area contributed by atoms with Gasteiger partial charge in [0.2, 0.25) is 0 Å². The summed E-state index contributed by atoms with van der Waals surface area (Å²) in [7, 11) is 0. The minimum atomic E-state index is -0.517. The summed E-state index contributed by atoms with van der Waals surface area (Å²) in [5, 5.41) is 11.3. The molecule has 0 radical (unpaired) electrons. The third-order valence-corrected chi connectivity index (χ3v) is 2.36. The summed E-state index contributed by atoms with van der Waals surface area (Å²) in [4.78, 5) is 18.6. The molecule has 16 heavy (non-hydrogen) atoms. The van der Waals surface area contributed by atoms with Gasteiger partial charge in [0.15, 0.2) is 5.65 Å². The highest BCUT2D eigenvalue weighted by molar-refractivity contribution is 5.93. The van der Waals surface area contributed by atoms with Gasteiger partial charge >= 0.3 is 5.69 Å². The van der Waals surface area contributed by atoms with Gasteiger partial charge in [-0.2, -0.15) is 0 Å². The van der Waals surface area contributed by atoms with E-state index in [1.165, 1.54) is 0 Å². The summed E-state index contributed by atoms with van der Waals surface area (Å²) in [6.45, 7) is 3.38. The normalized spacial score (nSPS) is 10.6. The van der Waals surface area contributed by atoms with Crippen molar-refractivity contribution in [2.45, 2.75) is 13.8 Å². The third kappa shape index (κ3) is 1.44. The summed E-state index contributed by atoms with van der Waals surface area (Å²) in [5.74, 6) is 0. The molecule has 0 aliphatic heterocycles. The van der Waals surface area contributed by atoms with Crippen LogP contribution >= 0.6 is 0 Å². The van der Waals surface area contributed by atoms with Crippen LogP contribution in [-0.4, -0.2) is 14.9 Å². The van der Waals surface area contributed by atoms with E-state index in [-0.39, 0.29) is 17.1 Å². The SMILES string of the molecule is Cc1ccc2c(N)c([N+](=O)[O-])c(C)nc2n1. The lowest BCUT2D eigenvalue weighted by molar-refractivity contribution is -0.384. The number of aryl methyl sites for hydroxylation is 2. The van der Waals surface area contributed by atoms with E-state index in [0.29, 0.717) is 11.0 Å². The highest BCUT2D eigenvalue weighted by atomic mass is 16.6. The van der Waals surface area contributed by atoms with E-state index in [4.69, 9.17) is 5.73 Å². The van der Waals surface area contributed by atoms with Crippen LogP contribution in [0.2, 0.25) is 0 Å². The molecule has 0 unspecified atom stereocenters. The average Bonchev–Trinajstić information content (AvgIpc) is 2.15. The standard InChI is InChI=1S/C10H10N4O2/c1-5-3-4-7-8(11)9(14(15)16)6(2)13-10(7)12-5/h3-4H,1-2H3,(H2,11,12,13). The van der Waals surface area contributed by atoms with E-state index in [1.54, 1.807) is 19.1 Å². The topological polar surface area (TPSA) is 94.9 Å². The Kier molecular flexibility index (Phi) is 2.19. The Morgan fingerprint density at radius 2 is 2.00 bits per heavy atom. The zero-order valence-electron chi connectivity index (χ0n) is 8.89. The van der Waals surface area contributed by atoms with Crippen LogP contribution in [-0.2, 0) is 0 Å². The van der Waals surface area contributed by atoms with Gasteiger partial charge in [-0.1, -0.05) is 0 Å². The molecule has 0 atom stereocenters. The van der Waals surface area contributed by atoms with Gasteiger partial charge in [0.05, 0.1) is 4.92 Å². The van der Waals surface area contributed by atoms with Crippen molar-refractivity contribution in [2.75, 3.05) is 5.73 Å². The van der Waals surface area contributed by atoms with Gasteiger partial charge in [0.1, 0.15) is 11.4 Å². The summed E-state index contributed by atoms with van der Waals surface area (Å²) >= 11 is 0. The molecule has 82 valence electrons. The smallest absolute Gasteiger partial charge is 0.313 e. The first-order valence-electron chi connectivity index (χ1n) is 4.68. The monoisotopic (exact) mass is 218 g/mol. The number of pyridine rings is 2. The first-order chi connectivity index (χ1) is 7.50. The van der Waals surface area contributed by atoms with Crippen molar-refractivity contribution in [2.24, 2.45) is 0 Å². The van der Waals surface area contributed by atoms with Gasteiger partial charge in [0.25, 0.3) is 0 Å². The second-order valence-corrected chi connectivity index (χ2v) is 3.54. The lowest BCUT2D eigenvalue weighted by atomic mass is 10.2. The largest absolute Gasteiger partial charge is 0.392 e. The summed E-state index contributed by atoms with van der Waals surface area (Å²) in [6.07, 6.45) is 0. The van der Waals surface area contributed by atoms with E-state index in [1.807, 2.05) is 6.92 Å². The van der Waals surface area contributed by atoms with Crippen molar-refractivity contribution in [3.8, 4) is 0 Å². The van der Waals surface area contributed by atoms with Gasteiger partial charge in [-0.15, -0.1) is 0 Å². The Labute approximate surface area is 91.3 Å². The molecule has 2 aromatic rings. The van der Waals surface area contributed by atoms with Crippen LogP contribution in [0.5, 0.6) is 0 Å². The first kappa shape index (κ1) is 10.3. The maximum Gasteiger partial charge on any atom is 0.313 e.